The van der Waals surface area contributed by atoms with Crippen molar-refractivity contribution in [2.75, 3.05) is 19.7 Å². The Kier molecular flexibility index (Phi) is 3.50. The molecule has 116 valence electrons. The van der Waals surface area contributed by atoms with Crippen LogP contribution in [0, 0.1) is 0 Å². The molecule has 0 saturated carbocycles. The van der Waals surface area contributed by atoms with Gasteiger partial charge in [-0.1, -0.05) is 6.07 Å². The Balaban J connectivity index is 1.44. The van der Waals surface area contributed by atoms with E-state index in [2.05, 4.69) is 10.2 Å². The van der Waals surface area contributed by atoms with Crippen LogP contribution in [-0.2, 0) is 28.0 Å². The monoisotopic (exact) mass is 317 g/mol. The molecule has 0 unspecified atom stereocenters. The smallest absolute Gasteiger partial charge is 0.227 e. The van der Waals surface area contributed by atoms with Crippen molar-refractivity contribution in [1.82, 2.24) is 15.1 Å². The summed E-state index contributed by atoms with van der Waals surface area (Å²) in [6.45, 7) is 2.25. The Morgan fingerprint density at radius 3 is 3.09 bits per heavy atom. The van der Waals surface area contributed by atoms with Crippen LogP contribution in [0.4, 0.5) is 0 Å². The SMILES string of the molecule is O=C(Cc1cccs1)N1CCC2(CC1)OCCc1cn[nH]c12. The summed E-state index contributed by atoms with van der Waals surface area (Å²) < 4.78 is 6.12. The maximum Gasteiger partial charge on any atom is 0.227 e. The topological polar surface area (TPSA) is 58.2 Å². The Labute approximate surface area is 133 Å². The predicted octanol–water partition coefficient (Wildman–Crippen LogP) is 2.10. The minimum atomic E-state index is -0.260. The third-order valence-corrected chi connectivity index (χ3v) is 5.63. The fourth-order valence-electron chi connectivity index (χ4n) is 3.51. The highest BCUT2D eigenvalue weighted by Crippen LogP contribution is 2.40. The van der Waals surface area contributed by atoms with Crippen LogP contribution in [0.5, 0.6) is 0 Å². The number of thiophene rings is 1. The fraction of sp³-hybridized carbons (Fsp3) is 0.500. The van der Waals surface area contributed by atoms with Crippen LogP contribution >= 0.6 is 11.3 Å². The molecule has 1 fully saturated rings. The van der Waals surface area contributed by atoms with E-state index in [0.717, 1.165) is 49.5 Å². The standard InChI is InChI=1S/C16H19N3O2S/c20-14(10-13-2-1-9-22-13)19-6-4-16(5-7-19)15-12(3-8-21-16)11-17-18-15/h1-2,9,11H,3-8,10H2,(H,17,18). The van der Waals surface area contributed by atoms with E-state index in [4.69, 9.17) is 4.74 Å². The van der Waals surface area contributed by atoms with Crippen molar-refractivity contribution in [3.8, 4) is 0 Å². The fourth-order valence-corrected chi connectivity index (χ4v) is 4.21. The van der Waals surface area contributed by atoms with E-state index in [1.807, 2.05) is 28.6 Å². The maximum absolute atomic E-state index is 12.4. The Bertz CT molecular complexity index is 657. The lowest BCUT2D eigenvalue weighted by Crippen LogP contribution is -2.48. The van der Waals surface area contributed by atoms with Gasteiger partial charge in [0, 0.05) is 18.0 Å². The van der Waals surface area contributed by atoms with E-state index in [0.29, 0.717) is 6.42 Å². The number of H-pyrrole nitrogens is 1. The molecule has 2 aliphatic heterocycles. The molecule has 5 nitrogen and oxygen atoms in total. The average Bonchev–Trinajstić information content (AvgIpc) is 3.20. The van der Waals surface area contributed by atoms with Gasteiger partial charge in [0.2, 0.25) is 5.91 Å². The zero-order valence-corrected chi connectivity index (χ0v) is 13.2. The highest BCUT2D eigenvalue weighted by Gasteiger charge is 2.42. The summed E-state index contributed by atoms with van der Waals surface area (Å²) >= 11 is 1.64. The molecule has 1 spiro atoms. The number of carbonyl (C=O) groups excluding carboxylic acids is 1. The number of amides is 1. The summed E-state index contributed by atoms with van der Waals surface area (Å²) in [5, 5.41) is 9.31. The van der Waals surface area contributed by atoms with Gasteiger partial charge in [-0.3, -0.25) is 9.89 Å². The minimum Gasteiger partial charge on any atom is -0.368 e. The molecule has 2 aliphatic rings. The third kappa shape index (κ3) is 2.36. The number of hydrogen-bond acceptors (Lipinski definition) is 4. The number of carbonyl (C=O) groups is 1. The van der Waals surface area contributed by atoms with Crippen molar-refractivity contribution in [2.24, 2.45) is 0 Å². The molecule has 1 saturated heterocycles. The Morgan fingerprint density at radius 1 is 1.45 bits per heavy atom. The molecular weight excluding hydrogens is 298 g/mol. The lowest BCUT2D eigenvalue weighted by molar-refractivity contribution is -0.140. The Hall–Kier alpha value is -1.66. The van der Waals surface area contributed by atoms with Crippen LogP contribution in [0.2, 0.25) is 0 Å². The molecule has 0 aromatic carbocycles. The quantitative estimate of drug-likeness (QED) is 0.923. The number of aromatic amines is 1. The van der Waals surface area contributed by atoms with Gasteiger partial charge in [-0.05, 0) is 36.3 Å². The van der Waals surface area contributed by atoms with E-state index >= 15 is 0 Å². The second-order valence-corrected chi connectivity index (χ2v) is 7.03. The Morgan fingerprint density at radius 2 is 2.32 bits per heavy atom. The van der Waals surface area contributed by atoms with Gasteiger partial charge in [-0.15, -0.1) is 11.3 Å². The summed E-state index contributed by atoms with van der Waals surface area (Å²) in [6, 6.07) is 4.02. The molecule has 22 heavy (non-hydrogen) atoms. The molecule has 6 heteroatoms. The molecule has 4 heterocycles. The lowest BCUT2D eigenvalue weighted by Gasteiger charge is -2.43. The van der Waals surface area contributed by atoms with E-state index < -0.39 is 0 Å². The summed E-state index contributed by atoms with van der Waals surface area (Å²) in [6.07, 6.45) is 5.04. The molecule has 0 aliphatic carbocycles. The molecule has 1 amide bonds. The molecular formula is C16H19N3O2S. The van der Waals surface area contributed by atoms with Crippen LogP contribution in [0.25, 0.3) is 0 Å². The number of rotatable bonds is 2. The number of nitrogens with zero attached hydrogens (tertiary/aromatic N) is 2. The molecule has 2 aromatic rings. The van der Waals surface area contributed by atoms with E-state index in [1.54, 1.807) is 11.3 Å². The van der Waals surface area contributed by atoms with Crippen molar-refractivity contribution >= 4 is 17.2 Å². The van der Waals surface area contributed by atoms with Crippen LogP contribution < -0.4 is 0 Å². The molecule has 4 rings (SSSR count). The number of hydrogen-bond donors (Lipinski definition) is 1. The summed E-state index contributed by atoms with van der Waals surface area (Å²) in [5.41, 5.74) is 2.14. The number of aromatic nitrogens is 2. The zero-order chi connectivity index (χ0) is 15.0. The van der Waals surface area contributed by atoms with Crippen LogP contribution in [0.3, 0.4) is 0 Å². The van der Waals surface area contributed by atoms with Crippen LogP contribution in [0.1, 0.15) is 29.0 Å². The summed E-state index contributed by atoms with van der Waals surface area (Å²) in [5.74, 6) is 0.220. The number of likely N-dealkylation sites (tertiary alicyclic amines) is 1. The number of ether oxygens (including phenoxy) is 1. The first-order valence-corrected chi connectivity index (χ1v) is 8.62. The molecule has 0 atom stereocenters. The van der Waals surface area contributed by atoms with Crippen LogP contribution in [0.15, 0.2) is 23.7 Å². The van der Waals surface area contributed by atoms with Gasteiger partial charge in [0.05, 0.1) is 24.9 Å². The highest BCUT2D eigenvalue weighted by atomic mass is 32.1. The van der Waals surface area contributed by atoms with Crippen molar-refractivity contribution in [3.63, 3.8) is 0 Å². The van der Waals surface area contributed by atoms with Gasteiger partial charge in [-0.25, -0.2) is 0 Å². The predicted molar refractivity (Wildman–Crippen MR) is 83.8 cm³/mol. The number of piperidine rings is 1. The lowest BCUT2D eigenvalue weighted by atomic mass is 9.83. The first kappa shape index (κ1) is 14.0. The summed E-state index contributed by atoms with van der Waals surface area (Å²) in [7, 11) is 0. The largest absolute Gasteiger partial charge is 0.368 e. The first-order chi connectivity index (χ1) is 10.8. The van der Waals surface area contributed by atoms with Gasteiger partial charge < -0.3 is 9.64 Å². The second-order valence-electron chi connectivity index (χ2n) is 6.00. The second kappa shape index (κ2) is 5.52. The number of fused-ring (bicyclic) bond motifs is 2. The molecule has 2 aromatic heterocycles. The van der Waals surface area contributed by atoms with Crippen molar-refractivity contribution in [2.45, 2.75) is 31.3 Å². The van der Waals surface area contributed by atoms with Gasteiger partial charge in [-0.2, -0.15) is 5.10 Å². The average molecular weight is 317 g/mol. The van der Waals surface area contributed by atoms with Gasteiger partial charge in [0.25, 0.3) is 0 Å². The van der Waals surface area contributed by atoms with E-state index in [9.17, 15) is 4.79 Å². The van der Waals surface area contributed by atoms with E-state index in [1.165, 1.54) is 5.56 Å². The zero-order valence-electron chi connectivity index (χ0n) is 12.4. The van der Waals surface area contributed by atoms with Gasteiger partial charge >= 0.3 is 0 Å². The van der Waals surface area contributed by atoms with Gasteiger partial charge in [0.15, 0.2) is 0 Å². The maximum atomic E-state index is 12.4. The number of nitrogens with one attached hydrogen (secondary N) is 1. The molecule has 1 N–H and O–H groups in total. The molecule has 0 bridgehead atoms. The highest BCUT2D eigenvalue weighted by molar-refractivity contribution is 7.10. The van der Waals surface area contributed by atoms with E-state index in [-0.39, 0.29) is 11.5 Å². The third-order valence-electron chi connectivity index (χ3n) is 4.75. The van der Waals surface area contributed by atoms with Crippen molar-refractivity contribution in [3.05, 3.63) is 39.8 Å². The van der Waals surface area contributed by atoms with Crippen molar-refractivity contribution in [1.29, 1.82) is 0 Å². The molecule has 0 radical (unpaired) electrons. The van der Waals surface area contributed by atoms with Gasteiger partial charge in [0.1, 0.15) is 5.60 Å². The van der Waals surface area contributed by atoms with Crippen LogP contribution in [-0.4, -0.2) is 40.7 Å². The normalized spacial score (nSPS) is 20.1. The van der Waals surface area contributed by atoms with Crippen molar-refractivity contribution < 1.29 is 9.53 Å². The summed E-state index contributed by atoms with van der Waals surface area (Å²) in [4.78, 5) is 15.5. The first-order valence-electron chi connectivity index (χ1n) is 7.74. The minimum absolute atomic E-state index is 0.220.